The number of rotatable bonds is 3. The molecular weight excluding hydrogens is 462 g/mol. The van der Waals surface area contributed by atoms with Crippen LogP contribution in [0.1, 0.15) is 16.7 Å². The summed E-state index contributed by atoms with van der Waals surface area (Å²) < 4.78 is 50.3. The largest absolute Gasteiger partial charge is 0.477 e. The van der Waals surface area contributed by atoms with Gasteiger partial charge in [-0.1, -0.05) is 24.3 Å². The highest BCUT2D eigenvalue weighted by Gasteiger charge is 2.42. The average molecular weight is 479 g/mol. The Morgan fingerprint density at radius 2 is 1.53 bits per heavy atom. The number of carboxylic acids is 1. The maximum atomic E-state index is 13.8. The first kappa shape index (κ1) is 20.4. The van der Waals surface area contributed by atoms with E-state index in [2.05, 4.69) is 0 Å². The fraction of sp³-hybridized carbons (Fsp3) is 0.125. The molecule has 3 aliphatic rings. The van der Waals surface area contributed by atoms with Crippen molar-refractivity contribution in [3.63, 3.8) is 0 Å². The van der Waals surface area contributed by atoms with E-state index in [1.165, 1.54) is 12.1 Å². The van der Waals surface area contributed by atoms with Gasteiger partial charge in [0, 0.05) is 17.2 Å². The van der Waals surface area contributed by atoms with Crippen LogP contribution in [0.2, 0.25) is 0 Å². The highest BCUT2D eigenvalue weighted by molar-refractivity contribution is 7.93. The Kier molecular flexibility index (Phi) is 4.30. The monoisotopic (exact) mass is 479 g/mol. The second kappa shape index (κ2) is 7.16. The molecule has 9 nitrogen and oxygen atoms in total. The van der Waals surface area contributed by atoms with Gasteiger partial charge in [-0.2, -0.15) is 0 Å². The van der Waals surface area contributed by atoms with E-state index < -0.39 is 21.7 Å². The molecule has 0 saturated carbocycles. The lowest BCUT2D eigenvalue weighted by atomic mass is 9.94. The Hall–Kier alpha value is -4.18. The van der Waals surface area contributed by atoms with Crippen LogP contribution in [0.4, 0.5) is 5.69 Å². The molecule has 0 atom stereocenters. The van der Waals surface area contributed by atoms with E-state index in [1.807, 2.05) is 0 Å². The number of ether oxygens (including phenoxy) is 4. The molecule has 0 spiro atoms. The van der Waals surface area contributed by atoms with Crippen molar-refractivity contribution in [1.82, 2.24) is 0 Å². The van der Waals surface area contributed by atoms with Crippen LogP contribution >= 0.6 is 0 Å². The SMILES string of the molecule is Cc1cc2c(cc1N1C(C(=O)O)=C(c3ccc4c(c3)OCO4)c3ccccc3S1(=O)=O)OCO2. The quantitative estimate of drug-likeness (QED) is 0.608. The number of aliphatic carboxylic acids is 1. The molecule has 6 rings (SSSR count). The molecule has 0 fully saturated rings. The van der Waals surface area contributed by atoms with E-state index in [0.717, 1.165) is 4.31 Å². The maximum absolute atomic E-state index is 13.8. The highest BCUT2D eigenvalue weighted by Crippen LogP contribution is 2.47. The molecule has 0 aliphatic carbocycles. The number of fused-ring (bicyclic) bond motifs is 3. The van der Waals surface area contributed by atoms with Crippen molar-refractivity contribution in [3.8, 4) is 23.0 Å². The summed E-state index contributed by atoms with van der Waals surface area (Å²) in [7, 11) is -4.28. The van der Waals surface area contributed by atoms with Crippen molar-refractivity contribution in [1.29, 1.82) is 0 Å². The van der Waals surface area contributed by atoms with Crippen LogP contribution < -0.4 is 23.3 Å². The predicted molar refractivity (Wildman–Crippen MR) is 120 cm³/mol. The van der Waals surface area contributed by atoms with E-state index >= 15 is 0 Å². The molecule has 3 aromatic rings. The van der Waals surface area contributed by atoms with E-state index in [9.17, 15) is 18.3 Å². The van der Waals surface area contributed by atoms with Gasteiger partial charge >= 0.3 is 5.97 Å². The first-order chi connectivity index (χ1) is 16.4. The summed E-state index contributed by atoms with van der Waals surface area (Å²) in [5.41, 5.74) is 1.28. The number of aryl methyl sites for hydroxylation is 1. The van der Waals surface area contributed by atoms with Gasteiger partial charge in [0.1, 0.15) is 0 Å². The van der Waals surface area contributed by atoms with E-state index in [0.29, 0.717) is 34.1 Å². The molecular formula is C24H17NO8S. The first-order valence-electron chi connectivity index (χ1n) is 10.3. The van der Waals surface area contributed by atoms with Crippen molar-refractivity contribution in [3.05, 3.63) is 77.0 Å². The van der Waals surface area contributed by atoms with Crippen LogP contribution in [0.25, 0.3) is 5.57 Å². The van der Waals surface area contributed by atoms with Gasteiger partial charge < -0.3 is 24.1 Å². The van der Waals surface area contributed by atoms with Crippen LogP contribution in [0.3, 0.4) is 0 Å². The third kappa shape index (κ3) is 2.85. The molecule has 0 amide bonds. The topological polar surface area (TPSA) is 112 Å². The minimum atomic E-state index is -4.28. The van der Waals surface area contributed by atoms with Gasteiger partial charge in [0.25, 0.3) is 10.0 Å². The van der Waals surface area contributed by atoms with Crippen molar-refractivity contribution < 1.29 is 37.3 Å². The van der Waals surface area contributed by atoms with Gasteiger partial charge in [0.15, 0.2) is 28.7 Å². The number of sulfonamides is 1. The number of anilines is 1. The van der Waals surface area contributed by atoms with Crippen molar-refractivity contribution in [2.24, 2.45) is 0 Å². The van der Waals surface area contributed by atoms with Crippen LogP contribution in [0, 0.1) is 6.92 Å². The summed E-state index contributed by atoms with van der Waals surface area (Å²) in [4.78, 5) is 12.7. The molecule has 3 heterocycles. The number of hydrogen-bond acceptors (Lipinski definition) is 7. The molecule has 0 saturated heterocycles. The fourth-order valence-electron chi connectivity index (χ4n) is 4.39. The molecule has 172 valence electrons. The second-order valence-electron chi connectivity index (χ2n) is 7.85. The van der Waals surface area contributed by atoms with Crippen LogP contribution in [-0.4, -0.2) is 33.1 Å². The Morgan fingerprint density at radius 1 is 0.882 bits per heavy atom. The lowest BCUT2D eigenvalue weighted by Gasteiger charge is -2.33. The number of hydrogen-bond donors (Lipinski definition) is 1. The third-order valence-electron chi connectivity index (χ3n) is 5.89. The van der Waals surface area contributed by atoms with E-state index in [-0.39, 0.29) is 35.3 Å². The molecule has 0 radical (unpaired) electrons. The van der Waals surface area contributed by atoms with Crippen molar-refractivity contribution in [2.75, 3.05) is 17.9 Å². The first-order valence-corrected chi connectivity index (χ1v) is 11.7. The highest BCUT2D eigenvalue weighted by atomic mass is 32.2. The summed E-state index contributed by atoms with van der Waals surface area (Å²) in [5, 5.41) is 10.4. The molecule has 0 bridgehead atoms. The normalized spacial score (nSPS) is 17.0. The number of nitrogens with zero attached hydrogens (tertiary/aromatic N) is 1. The summed E-state index contributed by atoms with van der Waals surface area (Å²) in [6.45, 7) is 1.74. The predicted octanol–water partition coefficient (Wildman–Crippen LogP) is 3.51. The Labute approximate surface area is 194 Å². The second-order valence-corrected chi connectivity index (χ2v) is 9.61. The molecule has 0 aromatic heterocycles. The minimum absolute atomic E-state index is 0.00210. The van der Waals surface area contributed by atoms with Crippen molar-refractivity contribution in [2.45, 2.75) is 11.8 Å². The summed E-state index contributed by atoms with van der Waals surface area (Å²) in [6, 6.07) is 14.5. The number of benzene rings is 3. The van der Waals surface area contributed by atoms with Crippen LogP contribution in [0.15, 0.2) is 65.2 Å². The molecule has 10 heteroatoms. The van der Waals surface area contributed by atoms with Gasteiger partial charge in [-0.15, -0.1) is 0 Å². The maximum Gasteiger partial charge on any atom is 0.354 e. The molecule has 34 heavy (non-hydrogen) atoms. The van der Waals surface area contributed by atoms with Gasteiger partial charge in [-0.3, -0.25) is 0 Å². The fourth-order valence-corrected chi connectivity index (χ4v) is 6.15. The van der Waals surface area contributed by atoms with Gasteiger partial charge in [-0.05, 0) is 42.3 Å². The molecule has 3 aliphatic heterocycles. The molecule has 0 unspecified atom stereocenters. The van der Waals surface area contributed by atoms with Crippen molar-refractivity contribution >= 4 is 27.3 Å². The van der Waals surface area contributed by atoms with E-state index in [4.69, 9.17) is 18.9 Å². The van der Waals surface area contributed by atoms with E-state index in [1.54, 1.807) is 49.4 Å². The van der Waals surface area contributed by atoms with Crippen LogP contribution in [0.5, 0.6) is 23.0 Å². The Balaban J connectivity index is 1.69. The lowest BCUT2D eigenvalue weighted by molar-refractivity contribution is -0.132. The summed E-state index contributed by atoms with van der Waals surface area (Å²) >= 11 is 0. The minimum Gasteiger partial charge on any atom is -0.477 e. The number of carboxylic acid groups (broad SMARTS) is 1. The Bertz CT molecular complexity index is 1530. The zero-order valence-electron chi connectivity index (χ0n) is 17.8. The third-order valence-corrected chi connectivity index (χ3v) is 7.66. The summed E-state index contributed by atoms with van der Waals surface area (Å²) in [6.07, 6.45) is 0. The van der Waals surface area contributed by atoms with Gasteiger partial charge in [0.2, 0.25) is 13.6 Å². The average Bonchev–Trinajstić information content (AvgIpc) is 3.46. The standard InChI is InChI=1S/C24H17NO8S/c1-13-8-18-20(33-12-31-18)10-16(13)25-23(24(26)27)22(14-6-7-17-19(9-14)32-11-30-17)15-4-2-3-5-21(15)34(25,28)29/h2-10H,11-12H2,1H3,(H,26,27). The van der Waals surface area contributed by atoms with Crippen LogP contribution in [-0.2, 0) is 14.8 Å². The van der Waals surface area contributed by atoms with Gasteiger partial charge in [0.05, 0.1) is 10.6 Å². The zero-order chi connectivity index (χ0) is 23.6. The molecule has 1 N–H and O–H groups in total. The Morgan fingerprint density at radius 3 is 2.26 bits per heavy atom. The zero-order valence-corrected chi connectivity index (χ0v) is 18.6. The van der Waals surface area contributed by atoms with Gasteiger partial charge in [-0.25, -0.2) is 17.5 Å². The molecule has 3 aromatic carbocycles. The lowest BCUT2D eigenvalue weighted by Crippen LogP contribution is -2.38. The number of carbonyl (C=O) groups is 1. The summed E-state index contributed by atoms with van der Waals surface area (Å²) in [5.74, 6) is 0.382. The smallest absolute Gasteiger partial charge is 0.354 e.